The van der Waals surface area contributed by atoms with Gasteiger partial charge in [-0.05, 0) is 37.6 Å². The summed E-state index contributed by atoms with van der Waals surface area (Å²) in [4.78, 5) is 17.0. The molecular formula is C21H25N5O2S. The number of furan rings is 1. The van der Waals surface area contributed by atoms with Crippen LogP contribution in [-0.4, -0.2) is 57.5 Å². The maximum Gasteiger partial charge on any atom is 0.233 e. The molecule has 0 aliphatic carbocycles. The van der Waals surface area contributed by atoms with Gasteiger partial charge in [0.05, 0.1) is 12.0 Å². The number of carbonyl (C=O) groups excluding carboxylic acids is 1. The molecule has 1 amide bonds. The summed E-state index contributed by atoms with van der Waals surface area (Å²) in [6.45, 7) is 8.08. The summed E-state index contributed by atoms with van der Waals surface area (Å²) in [5.74, 6) is 1.88. The highest BCUT2D eigenvalue weighted by atomic mass is 32.2. The van der Waals surface area contributed by atoms with Crippen LogP contribution in [0.4, 0.5) is 5.69 Å². The SMILES string of the molecule is CCn1c(SCC(=O)N2CCN(c3ccccc3C)CC2)nnc1-c1ccco1. The van der Waals surface area contributed by atoms with Crippen molar-refractivity contribution < 1.29 is 9.21 Å². The van der Waals surface area contributed by atoms with Crippen LogP contribution >= 0.6 is 11.8 Å². The number of nitrogens with zero attached hydrogens (tertiary/aromatic N) is 5. The number of aryl methyl sites for hydroxylation is 1. The molecule has 1 fully saturated rings. The van der Waals surface area contributed by atoms with Crippen molar-refractivity contribution in [3.05, 3.63) is 48.2 Å². The molecule has 8 heteroatoms. The monoisotopic (exact) mass is 411 g/mol. The summed E-state index contributed by atoms with van der Waals surface area (Å²) < 4.78 is 7.42. The fraction of sp³-hybridized carbons (Fsp3) is 0.381. The number of anilines is 1. The molecule has 0 atom stereocenters. The van der Waals surface area contributed by atoms with E-state index in [9.17, 15) is 4.79 Å². The number of benzene rings is 1. The van der Waals surface area contributed by atoms with Crippen molar-refractivity contribution in [2.45, 2.75) is 25.5 Å². The number of thioether (sulfide) groups is 1. The summed E-state index contributed by atoms with van der Waals surface area (Å²) in [7, 11) is 0. The molecule has 0 radical (unpaired) electrons. The topological polar surface area (TPSA) is 67.4 Å². The molecule has 7 nitrogen and oxygen atoms in total. The van der Waals surface area contributed by atoms with Crippen molar-refractivity contribution in [2.24, 2.45) is 0 Å². The largest absolute Gasteiger partial charge is 0.461 e. The summed E-state index contributed by atoms with van der Waals surface area (Å²) in [5, 5.41) is 9.24. The van der Waals surface area contributed by atoms with E-state index >= 15 is 0 Å². The zero-order valence-electron chi connectivity index (χ0n) is 16.7. The molecule has 1 aliphatic heterocycles. The third kappa shape index (κ3) is 4.17. The Bertz CT molecular complexity index is 961. The van der Waals surface area contributed by atoms with Gasteiger partial charge in [-0.15, -0.1) is 10.2 Å². The lowest BCUT2D eigenvalue weighted by Gasteiger charge is -2.36. The van der Waals surface area contributed by atoms with E-state index in [1.807, 2.05) is 28.5 Å². The molecule has 0 saturated carbocycles. The van der Waals surface area contributed by atoms with Crippen molar-refractivity contribution in [3.63, 3.8) is 0 Å². The number of hydrogen-bond acceptors (Lipinski definition) is 6. The van der Waals surface area contributed by atoms with E-state index < -0.39 is 0 Å². The van der Waals surface area contributed by atoms with E-state index in [0.29, 0.717) is 23.9 Å². The van der Waals surface area contributed by atoms with Crippen molar-refractivity contribution in [1.82, 2.24) is 19.7 Å². The maximum absolute atomic E-state index is 12.7. The molecule has 0 spiro atoms. The van der Waals surface area contributed by atoms with E-state index in [-0.39, 0.29) is 5.91 Å². The number of piperazine rings is 1. The standard InChI is InChI=1S/C21H25N5O2S/c1-3-26-20(18-9-6-14-28-18)22-23-21(26)29-15-19(27)25-12-10-24(11-13-25)17-8-5-4-7-16(17)2/h4-9,14H,3,10-13,15H2,1-2H3. The summed E-state index contributed by atoms with van der Waals surface area (Å²) in [6, 6.07) is 12.1. The number of rotatable bonds is 6. The fourth-order valence-corrected chi connectivity index (χ4v) is 4.51. The normalized spacial score (nSPS) is 14.4. The fourth-order valence-electron chi connectivity index (χ4n) is 3.60. The highest BCUT2D eigenvalue weighted by Crippen LogP contribution is 2.25. The maximum atomic E-state index is 12.7. The first-order valence-corrected chi connectivity index (χ1v) is 10.8. The minimum atomic E-state index is 0.143. The Morgan fingerprint density at radius 1 is 1.10 bits per heavy atom. The average molecular weight is 412 g/mol. The number of para-hydroxylation sites is 1. The lowest BCUT2D eigenvalue weighted by atomic mass is 10.1. The molecule has 0 bridgehead atoms. The van der Waals surface area contributed by atoms with Crippen LogP contribution in [0.5, 0.6) is 0 Å². The Kier molecular flexibility index (Phi) is 5.89. The van der Waals surface area contributed by atoms with Gasteiger partial charge in [0.15, 0.2) is 16.7 Å². The number of hydrogen-bond donors (Lipinski definition) is 0. The van der Waals surface area contributed by atoms with E-state index in [2.05, 4.69) is 46.3 Å². The van der Waals surface area contributed by atoms with E-state index in [1.54, 1.807) is 6.26 Å². The highest BCUT2D eigenvalue weighted by molar-refractivity contribution is 7.99. The van der Waals surface area contributed by atoms with Gasteiger partial charge in [-0.25, -0.2) is 0 Å². The molecule has 1 saturated heterocycles. The van der Waals surface area contributed by atoms with Crippen LogP contribution in [0.25, 0.3) is 11.6 Å². The molecule has 3 aromatic rings. The first-order valence-electron chi connectivity index (χ1n) is 9.85. The third-order valence-electron chi connectivity index (χ3n) is 5.19. The molecule has 152 valence electrons. The quantitative estimate of drug-likeness (QED) is 0.580. The molecule has 1 aromatic carbocycles. The van der Waals surface area contributed by atoms with Gasteiger partial charge in [-0.1, -0.05) is 30.0 Å². The van der Waals surface area contributed by atoms with Gasteiger partial charge in [0.25, 0.3) is 0 Å². The van der Waals surface area contributed by atoms with Gasteiger partial charge in [0, 0.05) is 38.4 Å². The highest BCUT2D eigenvalue weighted by Gasteiger charge is 2.23. The first-order chi connectivity index (χ1) is 14.2. The molecule has 0 unspecified atom stereocenters. The zero-order valence-corrected chi connectivity index (χ0v) is 17.6. The molecule has 3 heterocycles. The van der Waals surface area contributed by atoms with Gasteiger partial charge in [-0.2, -0.15) is 0 Å². The van der Waals surface area contributed by atoms with Crippen molar-refractivity contribution in [2.75, 3.05) is 36.8 Å². The second kappa shape index (κ2) is 8.73. The van der Waals surface area contributed by atoms with Gasteiger partial charge in [0.2, 0.25) is 5.91 Å². The molecule has 29 heavy (non-hydrogen) atoms. The first kappa shape index (κ1) is 19.6. The molecular weight excluding hydrogens is 386 g/mol. The lowest BCUT2D eigenvalue weighted by molar-refractivity contribution is -0.128. The summed E-state index contributed by atoms with van der Waals surface area (Å²) >= 11 is 1.43. The van der Waals surface area contributed by atoms with Gasteiger partial charge < -0.3 is 14.2 Å². The number of carbonyl (C=O) groups is 1. The van der Waals surface area contributed by atoms with Crippen LogP contribution in [0.3, 0.4) is 0 Å². The second-order valence-corrected chi connectivity index (χ2v) is 7.91. The molecule has 4 rings (SSSR count). The third-order valence-corrected chi connectivity index (χ3v) is 6.14. The predicted molar refractivity (Wildman–Crippen MR) is 114 cm³/mol. The average Bonchev–Trinajstić information content (AvgIpc) is 3.42. The molecule has 1 aliphatic rings. The van der Waals surface area contributed by atoms with E-state index in [0.717, 1.165) is 31.3 Å². The number of amides is 1. The van der Waals surface area contributed by atoms with Crippen LogP contribution < -0.4 is 4.90 Å². The van der Waals surface area contributed by atoms with Crippen LogP contribution in [0.2, 0.25) is 0 Å². The Morgan fingerprint density at radius 2 is 1.90 bits per heavy atom. The van der Waals surface area contributed by atoms with Crippen LogP contribution in [0.15, 0.2) is 52.2 Å². The van der Waals surface area contributed by atoms with E-state index in [1.165, 1.54) is 23.0 Å². The van der Waals surface area contributed by atoms with Crippen LogP contribution in [0, 0.1) is 6.92 Å². The van der Waals surface area contributed by atoms with Crippen LogP contribution in [-0.2, 0) is 11.3 Å². The van der Waals surface area contributed by atoms with Crippen LogP contribution in [0.1, 0.15) is 12.5 Å². The Hall–Kier alpha value is -2.74. The molecule has 0 N–H and O–H groups in total. The van der Waals surface area contributed by atoms with E-state index in [4.69, 9.17) is 4.42 Å². The van der Waals surface area contributed by atoms with Gasteiger partial charge >= 0.3 is 0 Å². The Balaban J connectivity index is 1.34. The van der Waals surface area contributed by atoms with Gasteiger partial charge in [0.1, 0.15) is 0 Å². The van der Waals surface area contributed by atoms with Gasteiger partial charge in [-0.3, -0.25) is 9.36 Å². The zero-order chi connectivity index (χ0) is 20.2. The smallest absolute Gasteiger partial charge is 0.233 e. The van der Waals surface area contributed by atoms with Crippen molar-refractivity contribution in [3.8, 4) is 11.6 Å². The molecule has 2 aromatic heterocycles. The Labute approximate surface area is 174 Å². The second-order valence-electron chi connectivity index (χ2n) is 6.97. The minimum Gasteiger partial charge on any atom is -0.461 e. The summed E-state index contributed by atoms with van der Waals surface area (Å²) in [5.41, 5.74) is 2.53. The predicted octanol–water partition coefficient (Wildman–Crippen LogP) is 3.31. The van der Waals surface area contributed by atoms with Crippen molar-refractivity contribution in [1.29, 1.82) is 0 Å². The number of aromatic nitrogens is 3. The lowest BCUT2D eigenvalue weighted by Crippen LogP contribution is -2.49. The Morgan fingerprint density at radius 3 is 2.59 bits per heavy atom. The van der Waals surface area contributed by atoms with Crippen molar-refractivity contribution >= 4 is 23.4 Å². The minimum absolute atomic E-state index is 0.143. The summed E-state index contributed by atoms with van der Waals surface area (Å²) in [6.07, 6.45) is 1.62.